The lowest BCUT2D eigenvalue weighted by Gasteiger charge is -2.26. The number of nitrogens with two attached hydrogens (primary N) is 2. The summed E-state index contributed by atoms with van der Waals surface area (Å²) in [4.78, 5) is 35.2. The minimum Gasteiger partial charge on any atom is -0.368 e. The van der Waals surface area contributed by atoms with Crippen LogP contribution in [0.4, 0.5) is 5.95 Å². The summed E-state index contributed by atoms with van der Waals surface area (Å²) in [6.45, 7) is 0.668. The van der Waals surface area contributed by atoms with Crippen LogP contribution >= 0.6 is 0 Å². The molecule has 7 nitrogen and oxygen atoms in total. The van der Waals surface area contributed by atoms with E-state index in [1.807, 2.05) is 41.3 Å². The smallest absolute Gasteiger partial charge is 0.248 e. The van der Waals surface area contributed by atoms with E-state index in [9.17, 15) is 9.59 Å². The highest BCUT2D eigenvalue weighted by molar-refractivity contribution is 5.94. The van der Waals surface area contributed by atoms with Crippen LogP contribution in [0.1, 0.15) is 40.5 Å². The summed E-state index contributed by atoms with van der Waals surface area (Å²) in [5, 5.41) is 0. The molecule has 1 aliphatic heterocycles. The van der Waals surface area contributed by atoms with Crippen LogP contribution in [0, 0.1) is 0 Å². The minimum atomic E-state index is -0.504. The molecule has 1 fully saturated rings. The molecule has 2 amide bonds. The highest BCUT2D eigenvalue weighted by atomic mass is 16.2. The van der Waals surface area contributed by atoms with Gasteiger partial charge in [-0.3, -0.25) is 9.59 Å². The largest absolute Gasteiger partial charge is 0.368 e. The average Bonchev–Trinajstić information content (AvgIpc) is 3.24. The zero-order chi connectivity index (χ0) is 21.1. The zero-order valence-electron chi connectivity index (χ0n) is 16.5. The predicted octanol–water partition coefficient (Wildman–Crippen LogP) is 2.73. The zero-order valence-corrected chi connectivity index (χ0v) is 16.5. The molecule has 2 heterocycles. The predicted molar refractivity (Wildman–Crippen MR) is 114 cm³/mol. The first-order valence-electron chi connectivity index (χ1n) is 9.89. The lowest BCUT2D eigenvalue weighted by atomic mass is 9.98. The fraction of sp³-hybridized carbons (Fsp3) is 0.217. The number of anilines is 1. The van der Waals surface area contributed by atoms with Crippen molar-refractivity contribution in [3.05, 3.63) is 77.6 Å². The second kappa shape index (κ2) is 8.32. The van der Waals surface area contributed by atoms with E-state index in [0.29, 0.717) is 24.2 Å². The van der Waals surface area contributed by atoms with Gasteiger partial charge in [0.05, 0.1) is 18.2 Å². The Morgan fingerprint density at radius 3 is 2.67 bits per heavy atom. The van der Waals surface area contributed by atoms with E-state index >= 15 is 0 Å². The maximum Gasteiger partial charge on any atom is 0.248 e. The molecule has 30 heavy (non-hydrogen) atoms. The van der Waals surface area contributed by atoms with Crippen LogP contribution in [-0.2, 0) is 11.2 Å². The number of hydrogen-bond acceptors (Lipinski definition) is 5. The monoisotopic (exact) mass is 401 g/mol. The number of hydrogen-bond donors (Lipinski definition) is 2. The number of nitrogen functional groups attached to an aromatic ring is 1. The molecule has 0 radical (unpaired) electrons. The number of primary amides is 1. The van der Waals surface area contributed by atoms with Gasteiger partial charge in [0.15, 0.2) is 0 Å². The molecule has 0 unspecified atom stereocenters. The number of aromatic nitrogens is 2. The highest BCUT2D eigenvalue weighted by Gasteiger charge is 2.33. The molecule has 7 heteroatoms. The molecule has 4 N–H and O–H groups in total. The van der Waals surface area contributed by atoms with Gasteiger partial charge in [-0.1, -0.05) is 42.5 Å². The van der Waals surface area contributed by atoms with Crippen LogP contribution in [0.2, 0.25) is 0 Å². The lowest BCUT2D eigenvalue weighted by Crippen LogP contribution is -2.32. The molecule has 0 saturated carbocycles. The van der Waals surface area contributed by atoms with Gasteiger partial charge in [0, 0.05) is 23.9 Å². The number of rotatable bonds is 5. The van der Waals surface area contributed by atoms with E-state index in [1.165, 1.54) is 0 Å². The normalized spacial score (nSPS) is 15.9. The van der Waals surface area contributed by atoms with E-state index < -0.39 is 5.91 Å². The van der Waals surface area contributed by atoms with Crippen molar-refractivity contribution in [1.82, 2.24) is 14.9 Å². The summed E-state index contributed by atoms with van der Waals surface area (Å²) in [5.74, 6) is -0.296. The summed E-state index contributed by atoms with van der Waals surface area (Å²) in [6.07, 6.45) is 3.66. The number of carbonyl (C=O) groups is 2. The van der Waals surface area contributed by atoms with Gasteiger partial charge in [-0.05, 0) is 36.1 Å². The van der Waals surface area contributed by atoms with Gasteiger partial charge in [-0.25, -0.2) is 9.97 Å². The van der Waals surface area contributed by atoms with Crippen molar-refractivity contribution >= 4 is 17.8 Å². The Kier molecular flexibility index (Phi) is 5.43. The van der Waals surface area contributed by atoms with Crippen molar-refractivity contribution in [3.63, 3.8) is 0 Å². The number of benzene rings is 2. The van der Waals surface area contributed by atoms with Gasteiger partial charge in [0.2, 0.25) is 17.8 Å². The fourth-order valence-electron chi connectivity index (χ4n) is 3.95. The molecule has 0 bridgehead atoms. The molecule has 4 rings (SSSR count). The van der Waals surface area contributed by atoms with E-state index in [1.54, 1.807) is 24.4 Å². The first kappa shape index (κ1) is 19.6. The van der Waals surface area contributed by atoms with E-state index in [2.05, 4.69) is 9.97 Å². The maximum absolute atomic E-state index is 13.1. The second-order valence-electron chi connectivity index (χ2n) is 7.38. The summed E-state index contributed by atoms with van der Waals surface area (Å²) in [5.41, 5.74) is 14.9. The van der Waals surface area contributed by atoms with Gasteiger partial charge in [0.25, 0.3) is 0 Å². The van der Waals surface area contributed by atoms with Crippen LogP contribution in [0.3, 0.4) is 0 Å². The molecule has 1 aliphatic rings. The van der Waals surface area contributed by atoms with Gasteiger partial charge >= 0.3 is 0 Å². The maximum atomic E-state index is 13.1. The van der Waals surface area contributed by atoms with Crippen LogP contribution in [0.5, 0.6) is 0 Å². The number of likely N-dealkylation sites (tertiary alicyclic amines) is 1. The molecule has 1 aromatic heterocycles. The Hall–Kier alpha value is -3.74. The number of amides is 2. The van der Waals surface area contributed by atoms with Crippen molar-refractivity contribution in [2.75, 3.05) is 12.3 Å². The molecule has 152 valence electrons. The molecule has 1 atom stereocenters. The highest BCUT2D eigenvalue weighted by Crippen LogP contribution is 2.37. The standard InChI is InChI=1S/C23H23N5O2/c24-22(30)17-9-4-8-16(13-17)18-14-26-23(25)27-21(18)19-10-5-11-28(19)20(29)12-15-6-2-1-3-7-15/h1-4,6-9,13-14,19H,5,10-12H2,(H2,24,30)(H2,25,26,27)/t19-/m1/s1. The topological polar surface area (TPSA) is 115 Å². The summed E-state index contributed by atoms with van der Waals surface area (Å²) in [6, 6.07) is 16.5. The van der Waals surface area contributed by atoms with Crippen LogP contribution < -0.4 is 11.5 Å². The molecule has 0 spiro atoms. The number of carbonyl (C=O) groups excluding carboxylic acids is 2. The van der Waals surface area contributed by atoms with Crippen molar-refractivity contribution in [2.45, 2.75) is 25.3 Å². The van der Waals surface area contributed by atoms with Crippen LogP contribution in [0.15, 0.2) is 60.8 Å². The Morgan fingerprint density at radius 2 is 1.90 bits per heavy atom. The first-order valence-corrected chi connectivity index (χ1v) is 9.89. The van der Waals surface area contributed by atoms with Gasteiger partial charge in [-0.2, -0.15) is 0 Å². The third-order valence-corrected chi connectivity index (χ3v) is 5.38. The van der Waals surface area contributed by atoms with E-state index in [0.717, 1.165) is 29.5 Å². The van der Waals surface area contributed by atoms with Gasteiger partial charge < -0.3 is 16.4 Å². The molecule has 0 aliphatic carbocycles. The summed E-state index contributed by atoms with van der Waals surface area (Å²) >= 11 is 0. The van der Waals surface area contributed by atoms with Crippen molar-refractivity contribution in [1.29, 1.82) is 0 Å². The first-order chi connectivity index (χ1) is 14.5. The Morgan fingerprint density at radius 1 is 1.10 bits per heavy atom. The minimum absolute atomic E-state index is 0.0534. The molecule has 3 aromatic rings. The molecular formula is C23H23N5O2. The van der Waals surface area contributed by atoms with Gasteiger partial charge in [0.1, 0.15) is 0 Å². The third-order valence-electron chi connectivity index (χ3n) is 5.38. The summed E-state index contributed by atoms with van der Waals surface area (Å²) in [7, 11) is 0. The Bertz CT molecular complexity index is 1080. The van der Waals surface area contributed by atoms with Crippen LogP contribution in [-0.4, -0.2) is 33.2 Å². The summed E-state index contributed by atoms with van der Waals surface area (Å²) < 4.78 is 0. The molecular weight excluding hydrogens is 378 g/mol. The quantitative estimate of drug-likeness (QED) is 0.682. The van der Waals surface area contributed by atoms with Gasteiger partial charge in [-0.15, -0.1) is 0 Å². The Labute approximate surface area is 174 Å². The van der Waals surface area contributed by atoms with E-state index in [-0.39, 0.29) is 17.9 Å². The van der Waals surface area contributed by atoms with Crippen molar-refractivity contribution < 1.29 is 9.59 Å². The Balaban J connectivity index is 1.69. The molecule has 1 saturated heterocycles. The van der Waals surface area contributed by atoms with E-state index in [4.69, 9.17) is 11.5 Å². The lowest BCUT2D eigenvalue weighted by molar-refractivity contribution is -0.131. The SMILES string of the molecule is NC(=O)c1cccc(-c2cnc(N)nc2[C@H]2CCCN2C(=O)Cc2ccccc2)c1. The van der Waals surface area contributed by atoms with Crippen molar-refractivity contribution in [3.8, 4) is 11.1 Å². The molecule has 2 aromatic carbocycles. The number of nitrogens with zero attached hydrogens (tertiary/aromatic N) is 3. The van der Waals surface area contributed by atoms with Crippen molar-refractivity contribution in [2.24, 2.45) is 5.73 Å². The van der Waals surface area contributed by atoms with Crippen LogP contribution in [0.25, 0.3) is 11.1 Å². The second-order valence-corrected chi connectivity index (χ2v) is 7.38. The average molecular weight is 401 g/mol. The fourth-order valence-corrected chi connectivity index (χ4v) is 3.95. The third kappa shape index (κ3) is 4.00.